The van der Waals surface area contributed by atoms with E-state index in [0.29, 0.717) is 17.7 Å². The van der Waals surface area contributed by atoms with Gasteiger partial charge in [0, 0.05) is 6.54 Å². The molecule has 0 amide bonds. The molecule has 1 heterocycles. The molecule has 0 saturated carbocycles. The van der Waals surface area contributed by atoms with Crippen LogP contribution in [0, 0.1) is 0 Å². The Morgan fingerprint density at radius 1 is 0.788 bits per heavy atom. The molecule has 1 N–H and O–H groups in total. The molecule has 0 aliphatic rings. The molecule has 170 valence electrons. The monoisotopic (exact) mass is 441 g/mol. The predicted octanol–water partition coefficient (Wildman–Crippen LogP) is 7.53. The van der Waals surface area contributed by atoms with Gasteiger partial charge in [0.05, 0.1) is 10.9 Å². The second-order valence-electron chi connectivity index (χ2n) is 8.38. The van der Waals surface area contributed by atoms with E-state index in [2.05, 4.69) is 6.92 Å². The third kappa shape index (κ3) is 5.11. The number of aromatic hydroxyl groups is 1. The van der Waals surface area contributed by atoms with Crippen LogP contribution in [0.2, 0.25) is 0 Å². The van der Waals surface area contributed by atoms with E-state index in [0.717, 1.165) is 29.5 Å². The highest BCUT2D eigenvalue weighted by Crippen LogP contribution is 2.40. The maximum absolute atomic E-state index is 13.5. The zero-order valence-electron chi connectivity index (χ0n) is 19.2. The van der Waals surface area contributed by atoms with Gasteiger partial charge in [0.2, 0.25) is 5.75 Å². The Kier molecular flexibility index (Phi) is 7.46. The molecule has 33 heavy (non-hydrogen) atoms. The van der Waals surface area contributed by atoms with Crippen molar-refractivity contribution in [3.05, 3.63) is 89.2 Å². The van der Waals surface area contributed by atoms with Gasteiger partial charge in [-0.05, 0) is 35.7 Å². The lowest BCUT2D eigenvalue weighted by Crippen LogP contribution is -2.22. The largest absolute Gasteiger partial charge is 0.504 e. The number of benzene rings is 3. The smallest absolute Gasteiger partial charge is 0.297 e. The van der Waals surface area contributed by atoms with Crippen LogP contribution >= 0.6 is 0 Å². The topological polar surface area (TPSA) is 51.5 Å². The molecule has 0 atom stereocenters. The highest BCUT2D eigenvalue weighted by atomic mass is 16.5. The second kappa shape index (κ2) is 10.9. The third-order valence-electron chi connectivity index (χ3n) is 6.01. The predicted molar refractivity (Wildman–Crippen MR) is 135 cm³/mol. The molecular formula is C29H31NO3. The van der Waals surface area contributed by atoms with Crippen molar-refractivity contribution < 1.29 is 9.84 Å². The van der Waals surface area contributed by atoms with Crippen molar-refractivity contribution in [2.75, 3.05) is 0 Å². The maximum Gasteiger partial charge on any atom is 0.297 e. The van der Waals surface area contributed by atoms with Gasteiger partial charge in [-0.1, -0.05) is 99.7 Å². The molecule has 0 spiro atoms. The molecule has 0 aliphatic heterocycles. The van der Waals surface area contributed by atoms with Gasteiger partial charge < -0.3 is 14.4 Å². The van der Waals surface area contributed by atoms with E-state index in [1.807, 2.05) is 66.7 Å². The van der Waals surface area contributed by atoms with Crippen molar-refractivity contribution in [3.8, 4) is 28.4 Å². The van der Waals surface area contributed by atoms with E-state index in [-0.39, 0.29) is 17.1 Å². The van der Waals surface area contributed by atoms with Gasteiger partial charge in [0.15, 0.2) is 5.75 Å². The minimum absolute atomic E-state index is 0.0249. The Balaban J connectivity index is 1.81. The number of aromatic nitrogens is 1. The molecular weight excluding hydrogens is 410 g/mol. The summed E-state index contributed by atoms with van der Waals surface area (Å²) in [5, 5.41) is 11.9. The number of para-hydroxylation sites is 1. The molecule has 4 aromatic rings. The number of hydrogen-bond acceptors (Lipinski definition) is 3. The molecule has 3 aromatic carbocycles. The van der Waals surface area contributed by atoms with Gasteiger partial charge in [-0.2, -0.15) is 0 Å². The maximum atomic E-state index is 13.5. The van der Waals surface area contributed by atoms with E-state index in [9.17, 15) is 9.90 Å². The van der Waals surface area contributed by atoms with Crippen LogP contribution in [-0.2, 0) is 6.54 Å². The SMILES string of the molecule is CCCCCCCCn1c(=O)c(Oc2ccccc2)c(O)c2c(-c3ccccc3)cccc21. The average molecular weight is 442 g/mol. The number of pyridine rings is 1. The van der Waals surface area contributed by atoms with Gasteiger partial charge in [-0.15, -0.1) is 0 Å². The van der Waals surface area contributed by atoms with Crippen LogP contribution in [0.25, 0.3) is 22.0 Å². The molecule has 0 radical (unpaired) electrons. The van der Waals surface area contributed by atoms with Crippen molar-refractivity contribution in [1.82, 2.24) is 4.57 Å². The highest BCUT2D eigenvalue weighted by Gasteiger charge is 2.21. The van der Waals surface area contributed by atoms with Crippen LogP contribution in [0.15, 0.2) is 83.7 Å². The summed E-state index contributed by atoms with van der Waals surface area (Å²) in [6.07, 6.45) is 6.83. The number of aryl methyl sites for hydroxylation is 1. The van der Waals surface area contributed by atoms with Gasteiger partial charge in [0.1, 0.15) is 5.75 Å². The summed E-state index contributed by atoms with van der Waals surface area (Å²) < 4.78 is 7.72. The van der Waals surface area contributed by atoms with E-state index in [1.54, 1.807) is 16.7 Å². The first-order valence-corrected chi connectivity index (χ1v) is 11.9. The fourth-order valence-corrected chi connectivity index (χ4v) is 4.29. The lowest BCUT2D eigenvalue weighted by molar-refractivity contribution is 0.404. The highest BCUT2D eigenvalue weighted by molar-refractivity contribution is 6.00. The van der Waals surface area contributed by atoms with Crippen LogP contribution in [0.4, 0.5) is 0 Å². The fraction of sp³-hybridized carbons (Fsp3) is 0.276. The van der Waals surface area contributed by atoms with Crippen LogP contribution in [0.1, 0.15) is 45.4 Å². The quantitative estimate of drug-likeness (QED) is 0.259. The van der Waals surface area contributed by atoms with Crippen molar-refractivity contribution >= 4 is 10.9 Å². The molecule has 0 unspecified atom stereocenters. The lowest BCUT2D eigenvalue weighted by Gasteiger charge is -2.18. The normalized spacial score (nSPS) is 11.1. The average Bonchev–Trinajstić information content (AvgIpc) is 2.86. The summed E-state index contributed by atoms with van der Waals surface area (Å²) in [6.45, 7) is 2.80. The van der Waals surface area contributed by atoms with Crippen molar-refractivity contribution in [1.29, 1.82) is 0 Å². The first-order chi connectivity index (χ1) is 16.2. The number of nitrogens with zero attached hydrogens (tertiary/aromatic N) is 1. The Hall–Kier alpha value is -3.53. The van der Waals surface area contributed by atoms with E-state index in [1.165, 1.54) is 25.7 Å². The summed E-state index contributed by atoms with van der Waals surface area (Å²) in [6, 6.07) is 24.9. The lowest BCUT2D eigenvalue weighted by atomic mass is 9.99. The Labute approximate surface area is 195 Å². The number of ether oxygens (including phenoxy) is 1. The zero-order valence-corrected chi connectivity index (χ0v) is 19.2. The summed E-state index contributed by atoms with van der Waals surface area (Å²) in [5.41, 5.74) is 2.28. The molecule has 0 fully saturated rings. The van der Waals surface area contributed by atoms with Crippen LogP contribution in [0.3, 0.4) is 0 Å². The standard InChI is InChI=1S/C29H31NO3/c1-2-3-4-5-6-13-21-30-25-20-14-19-24(22-15-9-7-10-16-22)26(25)27(31)28(29(30)32)33-23-17-11-8-12-18-23/h7-12,14-20,31H,2-6,13,21H2,1H3. The van der Waals surface area contributed by atoms with E-state index in [4.69, 9.17) is 4.74 Å². The second-order valence-corrected chi connectivity index (χ2v) is 8.38. The molecule has 4 nitrogen and oxygen atoms in total. The van der Waals surface area contributed by atoms with Crippen molar-refractivity contribution in [2.24, 2.45) is 0 Å². The fourth-order valence-electron chi connectivity index (χ4n) is 4.29. The molecule has 0 bridgehead atoms. The molecule has 0 saturated heterocycles. The number of unbranched alkanes of at least 4 members (excludes halogenated alkanes) is 5. The molecule has 4 heteroatoms. The molecule has 0 aliphatic carbocycles. The van der Waals surface area contributed by atoms with Crippen LogP contribution in [-0.4, -0.2) is 9.67 Å². The molecule has 1 aromatic heterocycles. The third-order valence-corrected chi connectivity index (χ3v) is 6.01. The zero-order chi connectivity index (χ0) is 23.0. The summed E-state index contributed by atoms with van der Waals surface area (Å²) in [5.74, 6) is 0.383. The minimum Gasteiger partial charge on any atom is -0.504 e. The Morgan fingerprint density at radius 2 is 1.45 bits per heavy atom. The molecule has 4 rings (SSSR count). The number of fused-ring (bicyclic) bond motifs is 1. The van der Waals surface area contributed by atoms with Crippen LogP contribution < -0.4 is 10.3 Å². The Bertz CT molecular complexity index is 1250. The first-order valence-electron chi connectivity index (χ1n) is 11.9. The van der Waals surface area contributed by atoms with Crippen molar-refractivity contribution in [3.63, 3.8) is 0 Å². The number of rotatable bonds is 10. The first kappa shape index (κ1) is 22.7. The van der Waals surface area contributed by atoms with E-state index < -0.39 is 0 Å². The van der Waals surface area contributed by atoms with E-state index >= 15 is 0 Å². The summed E-state index contributed by atoms with van der Waals surface area (Å²) >= 11 is 0. The summed E-state index contributed by atoms with van der Waals surface area (Å²) in [4.78, 5) is 13.5. The number of hydrogen-bond donors (Lipinski definition) is 1. The van der Waals surface area contributed by atoms with Crippen molar-refractivity contribution in [2.45, 2.75) is 52.0 Å². The van der Waals surface area contributed by atoms with Gasteiger partial charge in [0.25, 0.3) is 5.56 Å². The summed E-state index contributed by atoms with van der Waals surface area (Å²) in [7, 11) is 0. The van der Waals surface area contributed by atoms with Gasteiger partial charge in [-0.3, -0.25) is 4.79 Å². The minimum atomic E-state index is -0.303. The van der Waals surface area contributed by atoms with Gasteiger partial charge in [-0.25, -0.2) is 0 Å². The van der Waals surface area contributed by atoms with Gasteiger partial charge >= 0.3 is 0 Å². The van der Waals surface area contributed by atoms with Crippen LogP contribution in [0.5, 0.6) is 17.2 Å². The Morgan fingerprint density at radius 3 is 2.18 bits per heavy atom.